The van der Waals surface area contributed by atoms with Crippen molar-refractivity contribution >= 4 is 56.3 Å². The topological polar surface area (TPSA) is 68.9 Å². The third-order valence-electron chi connectivity index (χ3n) is 6.08. The number of aromatic nitrogens is 3. The molecule has 32 heavy (non-hydrogen) atoms. The molecule has 0 radical (unpaired) electrons. The molecule has 156 valence electrons. The minimum atomic E-state index is -0.364. The first-order valence-corrected chi connectivity index (χ1v) is 10.9. The molecule has 0 spiro atoms. The Labute approximate surface area is 187 Å². The highest BCUT2D eigenvalue weighted by Gasteiger charge is 2.35. The first-order valence-electron chi connectivity index (χ1n) is 10.2. The number of amides is 2. The number of imide groups is 1. The van der Waals surface area contributed by atoms with Crippen molar-refractivity contribution in [1.29, 1.82) is 0 Å². The summed E-state index contributed by atoms with van der Waals surface area (Å²) in [5, 5.41) is 4.39. The molecule has 7 heteroatoms. The molecule has 2 aromatic carbocycles. The number of hydrogen-bond donors (Lipinski definition) is 1. The van der Waals surface area contributed by atoms with Crippen molar-refractivity contribution in [2.45, 2.75) is 0 Å². The molecule has 0 unspecified atom stereocenters. The van der Waals surface area contributed by atoms with Gasteiger partial charge in [-0.25, -0.2) is 4.37 Å². The van der Waals surface area contributed by atoms with Gasteiger partial charge >= 0.3 is 0 Å². The van der Waals surface area contributed by atoms with Crippen molar-refractivity contribution in [3.8, 4) is 10.4 Å². The molecule has 3 aromatic heterocycles. The molecule has 1 aliphatic rings. The van der Waals surface area contributed by atoms with E-state index in [0.29, 0.717) is 11.1 Å². The molecule has 1 aliphatic heterocycles. The van der Waals surface area contributed by atoms with Crippen LogP contribution in [0.5, 0.6) is 0 Å². The van der Waals surface area contributed by atoms with Crippen LogP contribution in [0.3, 0.4) is 0 Å². The highest BCUT2D eigenvalue weighted by atomic mass is 32.1. The van der Waals surface area contributed by atoms with Gasteiger partial charge in [0.1, 0.15) is 0 Å². The molecule has 0 fully saturated rings. The second-order valence-corrected chi connectivity index (χ2v) is 8.80. The van der Waals surface area contributed by atoms with E-state index in [2.05, 4.69) is 15.8 Å². The molecule has 0 aliphatic carbocycles. The third-order valence-corrected chi connectivity index (χ3v) is 6.88. The lowest BCUT2D eigenvalue weighted by Crippen LogP contribution is -2.22. The summed E-state index contributed by atoms with van der Waals surface area (Å²) in [4.78, 5) is 27.1. The van der Waals surface area contributed by atoms with Crippen LogP contribution in [0.15, 0.2) is 67.1 Å². The summed E-state index contributed by atoms with van der Waals surface area (Å²) in [6.45, 7) is 0. The highest BCUT2D eigenvalue weighted by Crippen LogP contribution is 2.39. The predicted octanol–water partition coefficient (Wildman–Crippen LogP) is 4.36. The van der Waals surface area contributed by atoms with Crippen molar-refractivity contribution < 1.29 is 9.59 Å². The summed E-state index contributed by atoms with van der Waals surface area (Å²) in [6.07, 6.45) is 5.64. The fraction of sp³-hybridized carbons (Fsp3) is 0.0800. The molecule has 0 saturated carbocycles. The van der Waals surface area contributed by atoms with E-state index < -0.39 is 0 Å². The SMILES string of the molecule is Cn1cc(C2=C(c3cn(C)c4cc(-c5ccns5)ccc34)C(=O)NC2=O)c2ccccc21. The minimum absolute atomic E-state index is 0.361. The Balaban J connectivity index is 1.62. The van der Waals surface area contributed by atoms with Crippen molar-refractivity contribution in [2.24, 2.45) is 14.1 Å². The summed E-state index contributed by atoms with van der Waals surface area (Å²) < 4.78 is 8.17. The summed E-state index contributed by atoms with van der Waals surface area (Å²) >= 11 is 1.44. The van der Waals surface area contributed by atoms with E-state index in [0.717, 1.165) is 43.4 Å². The number of hydrogen-bond acceptors (Lipinski definition) is 4. The summed E-state index contributed by atoms with van der Waals surface area (Å²) in [7, 11) is 3.90. The molecule has 1 N–H and O–H groups in total. The van der Waals surface area contributed by atoms with Gasteiger partial charge in [0.25, 0.3) is 11.8 Å². The van der Waals surface area contributed by atoms with Gasteiger partial charge in [-0.3, -0.25) is 14.9 Å². The van der Waals surface area contributed by atoms with Crippen molar-refractivity contribution in [2.75, 3.05) is 0 Å². The molecule has 0 atom stereocenters. The maximum atomic E-state index is 13.0. The maximum absolute atomic E-state index is 13.0. The normalized spacial score (nSPS) is 14.2. The van der Waals surface area contributed by atoms with Crippen molar-refractivity contribution in [1.82, 2.24) is 18.8 Å². The Morgan fingerprint density at radius 2 is 1.47 bits per heavy atom. The number of carbonyl (C=O) groups excluding carboxylic acids is 2. The predicted molar refractivity (Wildman–Crippen MR) is 127 cm³/mol. The van der Waals surface area contributed by atoms with Crippen LogP contribution >= 0.6 is 11.5 Å². The summed E-state index contributed by atoms with van der Waals surface area (Å²) in [5.41, 5.74) is 5.43. The Morgan fingerprint density at radius 3 is 2.16 bits per heavy atom. The van der Waals surface area contributed by atoms with Gasteiger partial charge in [-0.15, -0.1) is 0 Å². The highest BCUT2D eigenvalue weighted by molar-refractivity contribution is 7.09. The fourth-order valence-corrected chi connectivity index (χ4v) is 5.20. The van der Waals surface area contributed by atoms with Crippen LogP contribution in [0.25, 0.3) is 43.4 Å². The van der Waals surface area contributed by atoms with E-state index >= 15 is 0 Å². The molecular formula is C25H18N4O2S. The van der Waals surface area contributed by atoms with Crippen LogP contribution in [-0.4, -0.2) is 25.3 Å². The van der Waals surface area contributed by atoms with E-state index in [9.17, 15) is 9.59 Å². The van der Waals surface area contributed by atoms with Gasteiger partial charge < -0.3 is 9.13 Å². The van der Waals surface area contributed by atoms with E-state index in [-0.39, 0.29) is 11.8 Å². The molecule has 4 heterocycles. The van der Waals surface area contributed by atoms with Crippen LogP contribution in [-0.2, 0) is 23.7 Å². The maximum Gasteiger partial charge on any atom is 0.259 e. The standard InChI is InChI=1S/C25H18N4O2S/c1-28-12-17(15-5-3-4-6-19(15)28)22-23(25(31)27-24(22)30)18-13-29(2)20-11-14(7-8-16(18)20)21-9-10-26-32-21/h3-13H,1-2H3,(H,27,30,31). The molecular weight excluding hydrogens is 420 g/mol. The fourth-order valence-electron chi connectivity index (χ4n) is 4.61. The van der Waals surface area contributed by atoms with Gasteiger partial charge in [-0.05, 0) is 35.3 Å². The van der Waals surface area contributed by atoms with Gasteiger partial charge in [-0.2, -0.15) is 0 Å². The van der Waals surface area contributed by atoms with Gasteiger partial charge in [0, 0.05) is 65.6 Å². The van der Waals surface area contributed by atoms with Gasteiger partial charge in [0.05, 0.1) is 16.0 Å². The zero-order valence-corrected chi connectivity index (χ0v) is 18.2. The number of aryl methyl sites for hydroxylation is 2. The number of fused-ring (bicyclic) bond motifs is 2. The van der Waals surface area contributed by atoms with Crippen LogP contribution in [0.1, 0.15) is 11.1 Å². The zero-order valence-electron chi connectivity index (χ0n) is 17.4. The van der Waals surface area contributed by atoms with Crippen LogP contribution in [0.4, 0.5) is 0 Å². The zero-order chi connectivity index (χ0) is 22.0. The minimum Gasteiger partial charge on any atom is -0.350 e. The first kappa shape index (κ1) is 18.8. The summed E-state index contributed by atoms with van der Waals surface area (Å²) in [6, 6.07) is 16.0. The van der Waals surface area contributed by atoms with Crippen LogP contribution in [0.2, 0.25) is 0 Å². The van der Waals surface area contributed by atoms with Crippen LogP contribution < -0.4 is 5.32 Å². The number of para-hydroxylation sites is 1. The number of rotatable bonds is 3. The Bertz CT molecular complexity index is 1600. The van der Waals surface area contributed by atoms with Gasteiger partial charge in [-0.1, -0.05) is 30.3 Å². The first-order chi connectivity index (χ1) is 15.5. The van der Waals surface area contributed by atoms with E-state index in [1.54, 1.807) is 6.20 Å². The number of carbonyl (C=O) groups is 2. The molecule has 6 rings (SSSR count). The van der Waals surface area contributed by atoms with Crippen LogP contribution in [0, 0.1) is 0 Å². The second kappa shape index (κ2) is 6.77. The largest absolute Gasteiger partial charge is 0.350 e. The molecule has 2 amide bonds. The lowest BCUT2D eigenvalue weighted by Gasteiger charge is -2.04. The van der Waals surface area contributed by atoms with Gasteiger partial charge in [0.15, 0.2) is 0 Å². The second-order valence-electron chi connectivity index (χ2n) is 7.97. The summed E-state index contributed by atoms with van der Waals surface area (Å²) in [5.74, 6) is -0.725. The molecule has 5 aromatic rings. The molecule has 6 nitrogen and oxygen atoms in total. The average Bonchev–Trinajstić information content (AvgIpc) is 3.55. The van der Waals surface area contributed by atoms with E-state index in [4.69, 9.17) is 0 Å². The lowest BCUT2D eigenvalue weighted by atomic mass is 9.95. The van der Waals surface area contributed by atoms with E-state index in [1.165, 1.54) is 11.5 Å². The molecule has 0 saturated heterocycles. The van der Waals surface area contributed by atoms with Crippen molar-refractivity contribution in [3.05, 3.63) is 78.2 Å². The smallest absolute Gasteiger partial charge is 0.259 e. The van der Waals surface area contributed by atoms with E-state index in [1.807, 2.05) is 78.1 Å². The number of nitrogens with zero attached hydrogens (tertiary/aromatic N) is 3. The average molecular weight is 439 g/mol. The quantitative estimate of drug-likeness (QED) is 0.426. The number of nitrogens with one attached hydrogen (secondary N) is 1. The Morgan fingerprint density at radius 1 is 0.812 bits per heavy atom. The van der Waals surface area contributed by atoms with Gasteiger partial charge in [0.2, 0.25) is 0 Å². The Hall–Kier alpha value is -3.97. The molecule has 0 bridgehead atoms. The van der Waals surface area contributed by atoms with Crippen molar-refractivity contribution in [3.63, 3.8) is 0 Å². The third kappa shape index (κ3) is 2.61. The monoisotopic (exact) mass is 438 g/mol. The Kier molecular flexibility index (Phi) is 3.97. The number of benzene rings is 2. The lowest BCUT2D eigenvalue weighted by molar-refractivity contribution is -0.122.